The van der Waals surface area contributed by atoms with Crippen LogP contribution in [0.15, 0.2) is 36.5 Å². The van der Waals surface area contributed by atoms with Gasteiger partial charge in [0.2, 0.25) is 5.91 Å². The fourth-order valence-electron chi connectivity index (χ4n) is 7.98. The minimum absolute atomic E-state index is 0.0255. The number of hydrogen-bond acceptors (Lipinski definition) is 7. The van der Waals surface area contributed by atoms with Crippen molar-refractivity contribution in [3.05, 3.63) is 36.5 Å². The van der Waals surface area contributed by atoms with Crippen molar-refractivity contribution in [2.45, 2.75) is 270 Å². The first-order chi connectivity index (χ1) is 31.9. The molecule has 0 spiro atoms. The Bertz CT molecular complexity index is 1230. The van der Waals surface area contributed by atoms with Gasteiger partial charge in [-0.15, -0.1) is 0 Å². The van der Waals surface area contributed by atoms with Crippen LogP contribution in [0, 0.1) is 0 Å². The molecule has 0 aromatic carbocycles. The molecule has 0 saturated heterocycles. The summed E-state index contributed by atoms with van der Waals surface area (Å²) in [6.45, 7) is 6.81. The number of unbranched alkanes of at least 4 members (excludes halogenated alkanes) is 31. The minimum atomic E-state index is -4.69. The number of rotatable bonds is 50. The summed E-state index contributed by atoms with van der Waals surface area (Å²) >= 11 is 0. The van der Waals surface area contributed by atoms with Crippen LogP contribution in [0.3, 0.4) is 0 Å². The molecule has 0 aromatic heterocycles. The van der Waals surface area contributed by atoms with Crippen molar-refractivity contribution in [2.75, 3.05) is 40.9 Å². The van der Waals surface area contributed by atoms with Gasteiger partial charge in [-0.3, -0.25) is 14.2 Å². The van der Waals surface area contributed by atoms with Crippen molar-refractivity contribution in [1.82, 2.24) is 5.32 Å². The second-order valence-corrected chi connectivity index (χ2v) is 21.5. The zero-order valence-corrected chi connectivity index (χ0v) is 45.0. The number of carbonyl (C=O) groups excluding carboxylic acids is 2. The average Bonchev–Trinajstić information content (AvgIpc) is 3.27. The minimum Gasteiger partial charge on any atom is -0.756 e. The number of phosphoric ester groups is 1. The van der Waals surface area contributed by atoms with Crippen LogP contribution in [0.4, 0.5) is 0 Å². The highest BCUT2D eigenvalue weighted by Gasteiger charge is 2.27. The van der Waals surface area contributed by atoms with Gasteiger partial charge in [0.1, 0.15) is 19.3 Å². The van der Waals surface area contributed by atoms with Gasteiger partial charge in [-0.05, 0) is 57.4 Å². The van der Waals surface area contributed by atoms with Crippen molar-refractivity contribution in [1.29, 1.82) is 0 Å². The van der Waals surface area contributed by atoms with Gasteiger partial charge in [0.05, 0.1) is 33.8 Å². The fourth-order valence-corrected chi connectivity index (χ4v) is 8.71. The highest BCUT2D eigenvalue weighted by molar-refractivity contribution is 7.45. The van der Waals surface area contributed by atoms with Crippen LogP contribution in [-0.4, -0.2) is 69.4 Å². The molecule has 0 bridgehead atoms. The molecule has 1 N–H and O–H groups in total. The fraction of sp³-hybridized carbons (Fsp3) is 0.857. The van der Waals surface area contributed by atoms with Crippen molar-refractivity contribution >= 4 is 19.7 Å². The lowest BCUT2D eigenvalue weighted by molar-refractivity contribution is -0.870. The predicted molar refractivity (Wildman–Crippen MR) is 279 cm³/mol. The summed E-state index contributed by atoms with van der Waals surface area (Å²) in [6.07, 6.45) is 53.9. The summed E-state index contributed by atoms with van der Waals surface area (Å²) in [6, 6.07) is -0.896. The first-order valence-corrected chi connectivity index (χ1v) is 29.3. The Morgan fingerprint density at radius 1 is 0.530 bits per heavy atom. The molecule has 0 saturated carbocycles. The van der Waals surface area contributed by atoms with E-state index in [-0.39, 0.29) is 31.3 Å². The number of nitrogens with one attached hydrogen (secondary N) is 1. The van der Waals surface area contributed by atoms with Gasteiger partial charge in [-0.2, -0.15) is 0 Å². The van der Waals surface area contributed by atoms with Crippen LogP contribution in [0.1, 0.15) is 258 Å². The number of nitrogens with zero attached hydrogens (tertiary/aromatic N) is 1. The van der Waals surface area contributed by atoms with Crippen LogP contribution in [0.2, 0.25) is 0 Å². The number of amides is 1. The molecule has 388 valence electrons. The monoisotopic (exact) mass is 951 g/mol. The lowest BCUT2D eigenvalue weighted by Gasteiger charge is -2.30. The van der Waals surface area contributed by atoms with Crippen LogP contribution in [0.5, 0.6) is 0 Å². The Labute approximate surface area is 408 Å². The standard InChI is InChI=1S/C56H107N2O7P/c1-7-10-13-16-19-22-25-27-28-29-31-34-36-39-42-45-48-55(59)57-53(52-64-66(61,62)63-51-50-58(4,5)6)54(47-44-41-38-35-33-30-26-23-20-17-14-11-8-2)65-56(60)49-46-43-40-37-32-24-21-18-15-12-9-3/h28-29,31,34,44,47,53-54H,7-27,30,32-33,35-43,45-46,48-52H2,1-6H3,(H-,57,59,61,62)/b29-28+,34-31+,47-44+. The number of quaternary nitrogens is 1. The molecule has 66 heavy (non-hydrogen) atoms. The molecule has 0 heterocycles. The molecular weight excluding hydrogens is 844 g/mol. The van der Waals surface area contributed by atoms with Gasteiger partial charge in [0.15, 0.2) is 0 Å². The van der Waals surface area contributed by atoms with E-state index in [2.05, 4.69) is 50.4 Å². The molecule has 0 radical (unpaired) electrons. The van der Waals surface area contributed by atoms with E-state index >= 15 is 0 Å². The van der Waals surface area contributed by atoms with Gasteiger partial charge in [-0.25, -0.2) is 0 Å². The van der Waals surface area contributed by atoms with E-state index in [0.29, 0.717) is 17.4 Å². The molecule has 0 fully saturated rings. The third kappa shape index (κ3) is 47.3. The van der Waals surface area contributed by atoms with Gasteiger partial charge in [-0.1, -0.05) is 225 Å². The number of carbonyl (C=O) groups is 2. The number of hydrogen-bond donors (Lipinski definition) is 1. The molecular formula is C56H107N2O7P. The highest BCUT2D eigenvalue weighted by atomic mass is 31.2. The molecule has 10 heteroatoms. The topological polar surface area (TPSA) is 114 Å². The molecule has 0 aliphatic heterocycles. The summed E-state index contributed by atoms with van der Waals surface area (Å²) in [4.78, 5) is 39.7. The second kappa shape index (κ2) is 46.9. The van der Waals surface area contributed by atoms with Gasteiger partial charge in [0.25, 0.3) is 7.82 Å². The summed E-state index contributed by atoms with van der Waals surface area (Å²) < 4.78 is 30.2. The number of esters is 1. The van der Waals surface area contributed by atoms with E-state index in [0.717, 1.165) is 64.2 Å². The number of phosphoric acid groups is 1. The summed E-state index contributed by atoms with van der Waals surface area (Å²) in [5, 5.41) is 3.00. The number of ether oxygens (including phenoxy) is 1. The highest BCUT2D eigenvalue weighted by Crippen LogP contribution is 2.38. The maximum Gasteiger partial charge on any atom is 0.306 e. The molecule has 3 unspecified atom stereocenters. The Kier molecular flexibility index (Phi) is 45.7. The average molecular weight is 951 g/mol. The van der Waals surface area contributed by atoms with E-state index < -0.39 is 26.6 Å². The SMILES string of the molecule is CCCCCCCCC/C=C/C=C/CCCCCC(=O)NC(COP(=O)([O-])OCC[N+](C)(C)C)C(/C=C/CCCCCCCCCCCCC)OC(=O)CCCCCCCCCCCCC. The van der Waals surface area contributed by atoms with Gasteiger partial charge >= 0.3 is 5.97 Å². The van der Waals surface area contributed by atoms with Gasteiger partial charge in [0, 0.05) is 12.8 Å². The van der Waals surface area contributed by atoms with E-state index in [1.54, 1.807) is 0 Å². The number of likely N-dealkylation sites (N-methyl/N-ethyl adjacent to an activating group) is 1. The first-order valence-electron chi connectivity index (χ1n) is 27.8. The maximum atomic E-state index is 13.4. The largest absolute Gasteiger partial charge is 0.756 e. The van der Waals surface area contributed by atoms with Crippen molar-refractivity contribution in [3.8, 4) is 0 Å². The molecule has 0 aliphatic carbocycles. The van der Waals surface area contributed by atoms with Crippen LogP contribution < -0.4 is 10.2 Å². The first kappa shape index (κ1) is 64.2. The van der Waals surface area contributed by atoms with Crippen molar-refractivity contribution < 1.29 is 37.3 Å². The summed E-state index contributed by atoms with van der Waals surface area (Å²) in [5.74, 6) is -0.566. The van der Waals surface area contributed by atoms with Crippen LogP contribution in [0.25, 0.3) is 0 Å². The Morgan fingerprint density at radius 2 is 0.909 bits per heavy atom. The summed E-state index contributed by atoms with van der Waals surface area (Å²) in [7, 11) is 1.17. The molecule has 0 aliphatic rings. The second-order valence-electron chi connectivity index (χ2n) is 20.1. The number of allylic oxidation sites excluding steroid dienone is 5. The zero-order chi connectivity index (χ0) is 48.7. The Hall–Kier alpha value is -1.77. The lowest BCUT2D eigenvalue weighted by atomic mass is 10.0. The van der Waals surface area contributed by atoms with E-state index in [1.165, 1.54) is 154 Å². The molecule has 3 atom stereocenters. The molecule has 0 aromatic rings. The molecule has 0 rings (SSSR count). The summed E-state index contributed by atoms with van der Waals surface area (Å²) in [5.41, 5.74) is 0. The third-order valence-corrected chi connectivity index (χ3v) is 13.3. The van der Waals surface area contributed by atoms with Crippen molar-refractivity contribution in [2.24, 2.45) is 0 Å². The van der Waals surface area contributed by atoms with Crippen LogP contribution in [-0.2, 0) is 27.9 Å². The Balaban J connectivity index is 5.42. The third-order valence-electron chi connectivity index (χ3n) is 12.4. The predicted octanol–water partition coefficient (Wildman–Crippen LogP) is 15.8. The van der Waals surface area contributed by atoms with Gasteiger partial charge < -0.3 is 28.5 Å². The molecule has 9 nitrogen and oxygen atoms in total. The van der Waals surface area contributed by atoms with E-state index in [1.807, 2.05) is 33.3 Å². The normalized spacial score (nSPS) is 14.1. The van der Waals surface area contributed by atoms with E-state index in [9.17, 15) is 19.0 Å². The molecule has 1 amide bonds. The lowest BCUT2D eigenvalue weighted by Crippen LogP contribution is -2.47. The van der Waals surface area contributed by atoms with E-state index in [4.69, 9.17) is 13.8 Å². The zero-order valence-electron chi connectivity index (χ0n) is 44.2. The Morgan fingerprint density at radius 3 is 1.35 bits per heavy atom. The van der Waals surface area contributed by atoms with Crippen molar-refractivity contribution in [3.63, 3.8) is 0 Å². The maximum absolute atomic E-state index is 13.4. The van der Waals surface area contributed by atoms with Crippen LogP contribution >= 0.6 is 7.82 Å². The quantitative estimate of drug-likeness (QED) is 0.0161. The smallest absolute Gasteiger partial charge is 0.306 e.